The molecule has 3 heteroatoms. The van der Waals surface area contributed by atoms with Gasteiger partial charge in [0.25, 0.3) is 0 Å². The molecule has 0 bridgehead atoms. The van der Waals surface area contributed by atoms with Crippen LogP contribution in [0.1, 0.15) is 24.2 Å². The number of benzene rings is 1. The van der Waals surface area contributed by atoms with Crippen molar-refractivity contribution in [3.05, 3.63) is 28.2 Å². The molecule has 0 atom stereocenters. The molecular weight excluding hydrogens is 220 g/mol. The first kappa shape index (κ1) is 11.2. The fourth-order valence-corrected chi connectivity index (χ4v) is 0.993. The van der Waals surface area contributed by atoms with E-state index in [-0.39, 0.29) is 5.75 Å². The van der Waals surface area contributed by atoms with Crippen LogP contribution in [0.15, 0.2) is 22.7 Å². The number of aldehydes is 1. The molecule has 12 heavy (non-hydrogen) atoms. The first-order valence-electron chi connectivity index (χ1n) is 3.68. The smallest absolute Gasteiger partial charge is 0.150 e. The standard InChI is InChI=1S/C7H5BrO2.C2H6/c8-6-3-5(4-9)1-2-7(6)10;1-2/h1-4,10H;1-2H3. The van der Waals surface area contributed by atoms with Gasteiger partial charge in [-0.05, 0) is 34.1 Å². The average Bonchev–Trinajstić information content (AvgIpc) is 2.13. The van der Waals surface area contributed by atoms with Gasteiger partial charge in [-0.15, -0.1) is 0 Å². The fourth-order valence-electron chi connectivity index (χ4n) is 0.596. The molecule has 0 saturated heterocycles. The highest BCUT2D eigenvalue weighted by atomic mass is 79.9. The van der Waals surface area contributed by atoms with Crippen molar-refractivity contribution in [3.8, 4) is 5.75 Å². The van der Waals surface area contributed by atoms with Gasteiger partial charge in [0.15, 0.2) is 0 Å². The van der Waals surface area contributed by atoms with Crippen molar-refractivity contribution in [2.24, 2.45) is 0 Å². The highest BCUT2D eigenvalue weighted by Gasteiger charge is 1.96. The molecule has 0 fully saturated rings. The van der Waals surface area contributed by atoms with Gasteiger partial charge in [-0.3, -0.25) is 4.79 Å². The summed E-state index contributed by atoms with van der Waals surface area (Å²) in [6.07, 6.45) is 0.726. The number of phenolic OH excluding ortho intramolecular Hbond substituents is 1. The van der Waals surface area contributed by atoms with Crippen molar-refractivity contribution in [1.29, 1.82) is 0 Å². The summed E-state index contributed by atoms with van der Waals surface area (Å²) in [4.78, 5) is 10.2. The van der Waals surface area contributed by atoms with Gasteiger partial charge in [-0.1, -0.05) is 13.8 Å². The summed E-state index contributed by atoms with van der Waals surface area (Å²) in [7, 11) is 0. The van der Waals surface area contributed by atoms with E-state index < -0.39 is 0 Å². The Hall–Kier alpha value is -0.830. The number of carbonyl (C=O) groups is 1. The molecule has 0 aliphatic carbocycles. The Kier molecular flexibility index (Phi) is 5.37. The molecule has 0 heterocycles. The molecule has 1 aromatic carbocycles. The molecule has 0 aliphatic heterocycles. The topological polar surface area (TPSA) is 37.3 Å². The third-order valence-electron chi connectivity index (χ3n) is 1.11. The predicted octanol–water partition coefficient (Wildman–Crippen LogP) is 2.99. The first-order chi connectivity index (χ1) is 5.74. The summed E-state index contributed by atoms with van der Waals surface area (Å²) >= 11 is 3.08. The van der Waals surface area contributed by atoms with Gasteiger partial charge in [0, 0.05) is 5.56 Å². The van der Waals surface area contributed by atoms with Crippen LogP contribution in [0.25, 0.3) is 0 Å². The van der Waals surface area contributed by atoms with Crippen molar-refractivity contribution < 1.29 is 9.90 Å². The van der Waals surface area contributed by atoms with Gasteiger partial charge >= 0.3 is 0 Å². The summed E-state index contributed by atoms with van der Waals surface area (Å²) in [6, 6.07) is 4.57. The van der Waals surface area contributed by atoms with Gasteiger partial charge in [0.2, 0.25) is 0 Å². The lowest BCUT2D eigenvalue weighted by Gasteiger charge is -1.94. The minimum atomic E-state index is 0.144. The lowest BCUT2D eigenvalue weighted by atomic mass is 10.2. The summed E-state index contributed by atoms with van der Waals surface area (Å²) in [5, 5.41) is 8.98. The Morgan fingerprint density at radius 2 is 2.00 bits per heavy atom. The van der Waals surface area contributed by atoms with E-state index in [9.17, 15) is 4.79 Å². The number of rotatable bonds is 1. The van der Waals surface area contributed by atoms with E-state index in [0.29, 0.717) is 10.0 Å². The number of carbonyl (C=O) groups excluding carboxylic acids is 1. The molecular formula is C9H11BrO2. The number of hydrogen-bond acceptors (Lipinski definition) is 2. The zero-order valence-electron chi connectivity index (χ0n) is 7.04. The lowest BCUT2D eigenvalue weighted by Crippen LogP contribution is -1.77. The average molecular weight is 231 g/mol. The highest BCUT2D eigenvalue weighted by molar-refractivity contribution is 9.10. The molecule has 1 N–H and O–H groups in total. The van der Waals surface area contributed by atoms with Crippen LogP contribution in [0.4, 0.5) is 0 Å². The SMILES string of the molecule is CC.O=Cc1ccc(O)c(Br)c1. The van der Waals surface area contributed by atoms with E-state index in [0.717, 1.165) is 6.29 Å². The lowest BCUT2D eigenvalue weighted by molar-refractivity contribution is 0.112. The van der Waals surface area contributed by atoms with Gasteiger partial charge in [0.1, 0.15) is 12.0 Å². The Balaban J connectivity index is 0.000000561. The normalized spacial score (nSPS) is 8.25. The second kappa shape index (κ2) is 5.77. The Labute approximate surface area is 80.4 Å². The van der Waals surface area contributed by atoms with Crippen LogP contribution >= 0.6 is 15.9 Å². The maximum Gasteiger partial charge on any atom is 0.150 e. The van der Waals surface area contributed by atoms with E-state index in [1.54, 1.807) is 12.1 Å². The molecule has 0 spiro atoms. The van der Waals surface area contributed by atoms with E-state index in [2.05, 4.69) is 15.9 Å². The Morgan fingerprint density at radius 3 is 2.42 bits per heavy atom. The largest absolute Gasteiger partial charge is 0.507 e. The zero-order chi connectivity index (χ0) is 9.56. The number of hydrogen-bond donors (Lipinski definition) is 1. The Bertz CT molecular complexity index is 259. The van der Waals surface area contributed by atoms with Crippen LogP contribution in [-0.4, -0.2) is 11.4 Å². The van der Waals surface area contributed by atoms with Crippen LogP contribution in [0.2, 0.25) is 0 Å². The van der Waals surface area contributed by atoms with Crippen LogP contribution in [0.5, 0.6) is 5.75 Å². The molecule has 0 unspecified atom stereocenters. The molecule has 0 saturated carbocycles. The highest BCUT2D eigenvalue weighted by Crippen LogP contribution is 2.23. The maximum atomic E-state index is 10.2. The van der Waals surface area contributed by atoms with Gasteiger partial charge in [-0.2, -0.15) is 0 Å². The van der Waals surface area contributed by atoms with Gasteiger partial charge in [0.05, 0.1) is 4.47 Å². The fraction of sp³-hybridized carbons (Fsp3) is 0.222. The maximum absolute atomic E-state index is 10.2. The molecule has 2 nitrogen and oxygen atoms in total. The van der Waals surface area contributed by atoms with Crippen molar-refractivity contribution in [1.82, 2.24) is 0 Å². The van der Waals surface area contributed by atoms with E-state index in [1.807, 2.05) is 13.8 Å². The monoisotopic (exact) mass is 230 g/mol. The van der Waals surface area contributed by atoms with Crippen LogP contribution in [0, 0.1) is 0 Å². The van der Waals surface area contributed by atoms with Crippen molar-refractivity contribution >= 4 is 22.2 Å². The number of aromatic hydroxyl groups is 1. The quantitative estimate of drug-likeness (QED) is 0.754. The summed E-state index contributed by atoms with van der Waals surface area (Å²) in [5.74, 6) is 0.144. The number of halogens is 1. The van der Waals surface area contributed by atoms with E-state index in [1.165, 1.54) is 6.07 Å². The molecule has 1 rings (SSSR count). The zero-order valence-corrected chi connectivity index (χ0v) is 8.63. The Morgan fingerprint density at radius 1 is 1.42 bits per heavy atom. The van der Waals surface area contributed by atoms with Gasteiger partial charge < -0.3 is 5.11 Å². The summed E-state index contributed by atoms with van der Waals surface area (Å²) in [6.45, 7) is 4.00. The van der Waals surface area contributed by atoms with Crippen molar-refractivity contribution in [3.63, 3.8) is 0 Å². The van der Waals surface area contributed by atoms with Crippen LogP contribution < -0.4 is 0 Å². The molecule has 0 aromatic heterocycles. The third-order valence-corrected chi connectivity index (χ3v) is 1.74. The molecule has 66 valence electrons. The summed E-state index contributed by atoms with van der Waals surface area (Å²) in [5.41, 5.74) is 0.546. The van der Waals surface area contributed by atoms with E-state index in [4.69, 9.17) is 5.11 Å². The first-order valence-corrected chi connectivity index (χ1v) is 4.47. The van der Waals surface area contributed by atoms with Crippen LogP contribution in [0.3, 0.4) is 0 Å². The molecule has 0 radical (unpaired) electrons. The second-order valence-electron chi connectivity index (χ2n) is 1.83. The van der Waals surface area contributed by atoms with Crippen molar-refractivity contribution in [2.75, 3.05) is 0 Å². The molecule has 1 aromatic rings. The molecule has 0 aliphatic rings. The van der Waals surface area contributed by atoms with Crippen molar-refractivity contribution in [2.45, 2.75) is 13.8 Å². The number of phenols is 1. The van der Waals surface area contributed by atoms with Gasteiger partial charge in [-0.25, -0.2) is 0 Å². The minimum absolute atomic E-state index is 0.144. The minimum Gasteiger partial charge on any atom is -0.507 e. The summed E-state index contributed by atoms with van der Waals surface area (Å²) < 4.78 is 0.539. The third kappa shape index (κ3) is 3.05. The predicted molar refractivity (Wildman–Crippen MR) is 52.5 cm³/mol. The van der Waals surface area contributed by atoms with Crippen LogP contribution in [-0.2, 0) is 0 Å². The molecule has 0 amide bonds. The second-order valence-corrected chi connectivity index (χ2v) is 2.68. The van der Waals surface area contributed by atoms with E-state index >= 15 is 0 Å².